The van der Waals surface area contributed by atoms with Gasteiger partial charge in [0.1, 0.15) is 17.3 Å². The van der Waals surface area contributed by atoms with Crippen molar-refractivity contribution in [1.29, 1.82) is 0 Å². The van der Waals surface area contributed by atoms with Gasteiger partial charge in [0.05, 0.1) is 16.1 Å². The lowest BCUT2D eigenvalue weighted by Gasteiger charge is -2.08. The predicted octanol–water partition coefficient (Wildman–Crippen LogP) is 4.88. The summed E-state index contributed by atoms with van der Waals surface area (Å²) in [6.45, 7) is 1.66. The molecular weight excluding hydrogens is 405 g/mol. The fourth-order valence-electron chi connectivity index (χ4n) is 3.20. The van der Waals surface area contributed by atoms with Crippen molar-refractivity contribution < 1.29 is 28.4 Å². The number of nitro benzene ring substituents is 1. The summed E-state index contributed by atoms with van der Waals surface area (Å²) in [7, 11) is 0. The van der Waals surface area contributed by atoms with Crippen LogP contribution in [0.25, 0.3) is 6.08 Å². The minimum Gasteiger partial charge on any atom is -0.452 e. The van der Waals surface area contributed by atoms with E-state index in [2.05, 4.69) is 0 Å². The molecule has 4 rings (SSSR count). The molecule has 3 aromatic carbocycles. The number of nitro groups is 1. The molecule has 0 aliphatic carbocycles. The molecule has 0 bridgehead atoms. The maximum atomic E-state index is 13.3. The normalized spacial score (nSPS) is 13.6. The Bertz CT molecular complexity index is 1280. The zero-order chi connectivity index (χ0) is 22.1. The highest BCUT2D eigenvalue weighted by molar-refractivity contribution is 6.15. The third-order valence-electron chi connectivity index (χ3n) is 4.59. The van der Waals surface area contributed by atoms with Gasteiger partial charge in [-0.2, -0.15) is 0 Å². The maximum Gasteiger partial charge on any atom is 0.343 e. The Morgan fingerprint density at radius 3 is 2.65 bits per heavy atom. The number of halogens is 1. The summed E-state index contributed by atoms with van der Waals surface area (Å²) in [4.78, 5) is 35.4. The van der Waals surface area contributed by atoms with E-state index < -0.39 is 16.7 Å². The van der Waals surface area contributed by atoms with Gasteiger partial charge in [0, 0.05) is 18.2 Å². The van der Waals surface area contributed by atoms with Gasteiger partial charge in [0.15, 0.2) is 5.76 Å². The van der Waals surface area contributed by atoms with E-state index in [1.807, 2.05) is 0 Å². The largest absolute Gasteiger partial charge is 0.452 e. The second-order valence-corrected chi connectivity index (χ2v) is 6.81. The average Bonchev–Trinajstić information content (AvgIpc) is 3.03. The molecule has 7 nitrogen and oxygen atoms in total. The van der Waals surface area contributed by atoms with Crippen molar-refractivity contribution in [2.24, 2.45) is 0 Å². The Labute approximate surface area is 175 Å². The summed E-state index contributed by atoms with van der Waals surface area (Å²) >= 11 is 0. The van der Waals surface area contributed by atoms with Gasteiger partial charge < -0.3 is 9.47 Å². The second-order valence-electron chi connectivity index (χ2n) is 6.81. The topological polar surface area (TPSA) is 95.7 Å². The van der Waals surface area contributed by atoms with Crippen LogP contribution in [0.2, 0.25) is 0 Å². The third kappa shape index (κ3) is 4.04. The average molecular weight is 419 g/mol. The number of esters is 1. The molecule has 0 saturated carbocycles. The van der Waals surface area contributed by atoms with Crippen LogP contribution in [0.4, 0.5) is 10.1 Å². The number of hydrogen-bond donors (Lipinski definition) is 0. The van der Waals surface area contributed by atoms with Crippen molar-refractivity contribution >= 4 is 23.5 Å². The van der Waals surface area contributed by atoms with E-state index in [9.17, 15) is 24.1 Å². The minimum atomic E-state index is -0.754. The van der Waals surface area contributed by atoms with Gasteiger partial charge in [-0.25, -0.2) is 9.18 Å². The van der Waals surface area contributed by atoms with Crippen LogP contribution in [0, 0.1) is 22.9 Å². The van der Waals surface area contributed by atoms with E-state index in [4.69, 9.17) is 9.47 Å². The van der Waals surface area contributed by atoms with Crippen molar-refractivity contribution in [3.05, 3.63) is 105 Å². The summed E-state index contributed by atoms with van der Waals surface area (Å²) in [5, 5.41) is 10.9. The Kier molecular flexibility index (Phi) is 5.04. The summed E-state index contributed by atoms with van der Waals surface area (Å²) < 4.78 is 24.3. The van der Waals surface area contributed by atoms with Crippen molar-refractivity contribution in [3.63, 3.8) is 0 Å². The zero-order valence-electron chi connectivity index (χ0n) is 16.1. The fraction of sp³-hybridized carbons (Fsp3) is 0.0435. The molecule has 154 valence electrons. The van der Waals surface area contributed by atoms with Crippen LogP contribution in [-0.2, 0) is 0 Å². The number of fused-ring (bicyclic) bond motifs is 1. The monoisotopic (exact) mass is 419 g/mol. The number of nitrogens with zero attached hydrogens (tertiary/aromatic N) is 1. The minimum absolute atomic E-state index is 0.00722. The van der Waals surface area contributed by atoms with Crippen LogP contribution in [0.3, 0.4) is 0 Å². The Hall–Kier alpha value is -4.33. The number of carbonyl (C=O) groups excluding carboxylic acids is 2. The van der Waals surface area contributed by atoms with Gasteiger partial charge in [-0.1, -0.05) is 18.2 Å². The van der Waals surface area contributed by atoms with Crippen LogP contribution in [-0.4, -0.2) is 16.7 Å². The lowest BCUT2D eigenvalue weighted by molar-refractivity contribution is -0.384. The molecule has 0 fully saturated rings. The number of allylic oxidation sites excluding steroid dienone is 1. The highest BCUT2D eigenvalue weighted by atomic mass is 19.1. The van der Waals surface area contributed by atoms with Crippen molar-refractivity contribution in [2.45, 2.75) is 6.92 Å². The number of hydrogen-bond acceptors (Lipinski definition) is 6. The zero-order valence-corrected chi connectivity index (χ0v) is 16.1. The van der Waals surface area contributed by atoms with E-state index in [1.54, 1.807) is 13.0 Å². The van der Waals surface area contributed by atoms with E-state index >= 15 is 0 Å². The second kappa shape index (κ2) is 7.83. The summed E-state index contributed by atoms with van der Waals surface area (Å²) in [6, 6.07) is 13.8. The number of Topliss-reactive ketones (excluding diaryl/α,β-unsaturated/α-hetero) is 1. The molecule has 31 heavy (non-hydrogen) atoms. The first-order valence-corrected chi connectivity index (χ1v) is 9.13. The van der Waals surface area contributed by atoms with Crippen LogP contribution in [0.5, 0.6) is 11.5 Å². The van der Waals surface area contributed by atoms with Gasteiger partial charge in [-0.3, -0.25) is 14.9 Å². The highest BCUT2D eigenvalue weighted by Gasteiger charge is 2.30. The van der Waals surface area contributed by atoms with Gasteiger partial charge in [-0.15, -0.1) is 0 Å². The summed E-state index contributed by atoms with van der Waals surface area (Å²) in [5.74, 6) is -1.38. The maximum absolute atomic E-state index is 13.3. The van der Waals surface area contributed by atoms with Gasteiger partial charge >= 0.3 is 5.97 Å². The number of aryl methyl sites for hydroxylation is 1. The Morgan fingerprint density at radius 2 is 1.90 bits per heavy atom. The van der Waals surface area contributed by atoms with Crippen molar-refractivity contribution in [1.82, 2.24) is 0 Å². The van der Waals surface area contributed by atoms with Crippen molar-refractivity contribution in [3.8, 4) is 11.5 Å². The van der Waals surface area contributed by atoms with Crippen molar-refractivity contribution in [2.75, 3.05) is 0 Å². The molecule has 0 aromatic heterocycles. The van der Waals surface area contributed by atoms with E-state index in [0.29, 0.717) is 16.7 Å². The molecule has 1 aliphatic rings. The number of rotatable bonds is 4. The molecule has 3 aromatic rings. The molecule has 0 spiro atoms. The summed E-state index contributed by atoms with van der Waals surface area (Å²) in [6.07, 6.45) is 1.41. The van der Waals surface area contributed by atoms with Gasteiger partial charge in [-0.05, 0) is 48.4 Å². The molecule has 0 N–H and O–H groups in total. The Balaban J connectivity index is 1.61. The van der Waals surface area contributed by atoms with Crippen LogP contribution < -0.4 is 9.47 Å². The molecule has 8 heteroatoms. The van der Waals surface area contributed by atoms with Crippen LogP contribution in [0.15, 0.2) is 66.4 Å². The van der Waals surface area contributed by atoms with E-state index in [0.717, 1.165) is 6.07 Å². The van der Waals surface area contributed by atoms with E-state index in [1.165, 1.54) is 54.6 Å². The molecule has 0 radical (unpaired) electrons. The molecule has 0 amide bonds. The summed E-state index contributed by atoms with van der Waals surface area (Å²) in [5.41, 5.74) is 1.19. The fourth-order valence-corrected chi connectivity index (χ4v) is 3.20. The lowest BCUT2D eigenvalue weighted by atomic mass is 10.0. The molecule has 1 heterocycles. The standard InChI is InChI=1S/C23H14FNO6/c1-13-8-18(30-23(27)15-5-3-6-16(24)11-15)12-19-21(13)22(26)20(31-19)10-14-4-2-7-17(9-14)25(28)29/h2-12H,1H3/b20-10-. The number of carbonyl (C=O) groups is 2. The molecule has 0 atom stereocenters. The number of non-ortho nitro benzene ring substituents is 1. The van der Waals surface area contributed by atoms with E-state index in [-0.39, 0.29) is 34.3 Å². The van der Waals surface area contributed by atoms with Gasteiger partial charge in [0.25, 0.3) is 5.69 Å². The smallest absolute Gasteiger partial charge is 0.343 e. The quantitative estimate of drug-likeness (QED) is 0.197. The first-order chi connectivity index (χ1) is 14.8. The predicted molar refractivity (Wildman–Crippen MR) is 109 cm³/mol. The third-order valence-corrected chi connectivity index (χ3v) is 4.59. The number of ether oxygens (including phenoxy) is 2. The SMILES string of the molecule is Cc1cc(OC(=O)c2cccc(F)c2)cc2c1C(=O)/C(=C/c1cccc([N+](=O)[O-])c1)O2. The number of benzene rings is 3. The molecular formula is C23H14FNO6. The first kappa shape index (κ1) is 20.0. The Morgan fingerprint density at radius 1 is 1.13 bits per heavy atom. The van der Waals surface area contributed by atoms with Gasteiger partial charge in [0.2, 0.25) is 5.78 Å². The first-order valence-electron chi connectivity index (χ1n) is 9.13. The molecule has 1 aliphatic heterocycles. The van der Waals surface area contributed by atoms with Crippen LogP contribution in [0.1, 0.15) is 31.8 Å². The lowest BCUT2D eigenvalue weighted by Crippen LogP contribution is -2.09. The molecule has 0 saturated heterocycles. The van der Waals surface area contributed by atoms with Crippen LogP contribution >= 0.6 is 0 Å². The highest BCUT2D eigenvalue weighted by Crippen LogP contribution is 2.37. The number of ketones is 1. The molecule has 0 unspecified atom stereocenters.